The van der Waals surface area contributed by atoms with Crippen LogP contribution in [0, 0.1) is 5.92 Å². The number of piperidine rings is 1. The molecule has 2 heterocycles. The van der Waals surface area contributed by atoms with Crippen molar-refractivity contribution < 1.29 is 4.79 Å². The summed E-state index contributed by atoms with van der Waals surface area (Å²) >= 11 is 4.82. The lowest BCUT2D eigenvalue weighted by Gasteiger charge is -2.30. The zero-order valence-corrected chi connectivity index (χ0v) is 15.9. The van der Waals surface area contributed by atoms with E-state index in [1.54, 1.807) is 0 Å². The van der Waals surface area contributed by atoms with Gasteiger partial charge in [0.1, 0.15) is 0 Å². The lowest BCUT2D eigenvalue weighted by Crippen LogP contribution is -2.40. The number of benzene rings is 1. The predicted octanol–water partition coefficient (Wildman–Crippen LogP) is 2.77. The lowest BCUT2D eigenvalue weighted by atomic mass is 10.0. The Hall–Kier alpha value is -1.54. The Morgan fingerprint density at radius 2 is 2.21 bits per heavy atom. The topological polar surface area (TPSA) is 77.0 Å². The van der Waals surface area contributed by atoms with Gasteiger partial charge in [0.25, 0.3) is 0 Å². The summed E-state index contributed by atoms with van der Waals surface area (Å²) in [6.07, 6.45) is 2.28. The van der Waals surface area contributed by atoms with Crippen LogP contribution in [0.4, 0.5) is 0 Å². The summed E-state index contributed by atoms with van der Waals surface area (Å²) < 4.78 is 2.34. The molecule has 3 rings (SSSR count). The molecular weight excluding hydrogens is 390 g/mol. The Bertz CT molecular complexity index is 735. The summed E-state index contributed by atoms with van der Waals surface area (Å²) in [4.78, 5) is 14.3. The summed E-state index contributed by atoms with van der Waals surface area (Å²) in [5, 5.41) is 8.83. The predicted molar refractivity (Wildman–Crippen MR) is 99.0 cm³/mol. The van der Waals surface area contributed by atoms with Crippen LogP contribution in [-0.2, 0) is 4.79 Å². The molecule has 1 fully saturated rings. The summed E-state index contributed by atoms with van der Waals surface area (Å²) in [5.74, 6) is 7.73. The lowest BCUT2D eigenvalue weighted by molar-refractivity contribution is -0.130. The van der Waals surface area contributed by atoms with E-state index in [1.165, 1.54) is 22.9 Å². The molecule has 2 N–H and O–H groups in total. The number of carbonyl (C=O) groups is 1. The summed E-state index contributed by atoms with van der Waals surface area (Å²) in [6.45, 7) is 3.88. The van der Waals surface area contributed by atoms with E-state index in [0.717, 1.165) is 29.5 Å². The first-order valence-electron chi connectivity index (χ1n) is 7.92. The molecule has 0 spiro atoms. The highest BCUT2D eigenvalue weighted by atomic mass is 79.9. The van der Waals surface area contributed by atoms with Gasteiger partial charge in [0.05, 0.1) is 5.75 Å². The largest absolute Gasteiger partial charge is 0.342 e. The number of nitrogens with zero attached hydrogens (tertiary/aromatic N) is 4. The minimum Gasteiger partial charge on any atom is -0.342 e. The van der Waals surface area contributed by atoms with Crippen molar-refractivity contribution in [3.05, 3.63) is 28.7 Å². The number of carbonyl (C=O) groups excluding carboxylic acids is 1. The Morgan fingerprint density at radius 1 is 1.42 bits per heavy atom. The second-order valence-corrected chi connectivity index (χ2v) is 7.83. The van der Waals surface area contributed by atoms with Crippen LogP contribution in [0.3, 0.4) is 0 Å². The number of nitrogens with two attached hydrogens (primary N) is 1. The number of amides is 1. The van der Waals surface area contributed by atoms with Crippen LogP contribution < -0.4 is 5.84 Å². The standard InChI is InChI=1S/C16H20BrN5OS/c1-11-5-4-8-21(9-11)14(23)10-24-16-20-19-15(22(16)18)12-6-2-3-7-13(12)17/h2-3,6-7,11H,4-5,8-10,18H2,1H3. The molecular formula is C16H20BrN5OS. The Morgan fingerprint density at radius 3 is 2.96 bits per heavy atom. The number of aromatic nitrogens is 3. The molecule has 0 bridgehead atoms. The third kappa shape index (κ3) is 3.75. The monoisotopic (exact) mass is 409 g/mol. The molecule has 1 aromatic carbocycles. The minimum atomic E-state index is 0.136. The number of thioether (sulfide) groups is 1. The van der Waals surface area contributed by atoms with E-state index in [2.05, 4.69) is 33.1 Å². The van der Waals surface area contributed by atoms with E-state index in [-0.39, 0.29) is 5.91 Å². The van der Waals surface area contributed by atoms with Crippen LogP contribution in [0.25, 0.3) is 11.4 Å². The molecule has 24 heavy (non-hydrogen) atoms. The SMILES string of the molecule is CC1CCCN(C(=O)CSc2nnc(-c3ccccc3Br)n2N)C1. The molecule has 1 aromatic heterocycles. The van der Waals surface area contributed by atoms with E-state index in [4.69, 9.17) is 5.84 Å². The average molecular weight is 410 g/mol. The minimum absolute atomic E-state index is 0.136. The van der Waals surface area contributed by atoms with E-state index in [1.807, 2.05) is 29.2 Å². The van der Waals surface area contributed by atoms with Crippen molar-refractivity contribution >= 4 is 33.6 Å². The van der Waals surface area contributed by atoms with Crippen molar-refractivity contribution in [2.75, 3.05) is 24.7 Å². The van der Waals surface area contributed by atoms with E-state index in [0.29, 0.717) is 22.7 Å². The molecule has 1 saturated heterocycles. The Kier molecular flexibility index (Phi) is 5.45. The number of likely N-dealkylation sites (tertiary alicyclic amines) is 1. The number of rotatable bonds is 4. The highest BCUT2D eigenvalue weighted by molar-refractivity contribution is 9.10. The van der Waals surface area contributed by atoms with Gasteiger partial charge in [-0.2, -0.15) is 0 Å². The molecule has 1 amide bonds. The van der Waals surface area contributed by atoms with Gasteiger partial charge in [-0.3, -0.25) is 4.79 Å². The van der Waals surface area contributed by atoms with Crippen molar-refractivity contribution in [1.82, 2.24) is 19.8 Å². The summed E-state index contributed by atoms with van der Waals surface area (Å²) in [5.41, 5.74) is 0.871. The quantitative estimate of drug-likeness (QED) is 0.620. The Labute approximate surface area is 153 Å². The fourth-order valence-corrected chi connectivity index (χ4v) is 4.06. The van der Waals surface area contributed by atoms with Gasteiger partial charge in [0.15, 0.2) is 5.82 Å². The summed E-state index contributed by atoms with van der Waals surface area (Å²) in [6, 6.07) is 7.70. The van der Waals surface area contributed by atoms with Gasteiger partial charge in [-0.05, 0) is 30.9 Å². The molecule has 1 aliphatic rings. The van der Waals surface area contributed by atoms with Crippen LogP contribution in [0.2, 0.25) is 0 Å². The zero-order valence-electron chi connectivity index (χ0n) is 13.5. The van der Waals surface area contributed by atoms with Crippen LogP contribution in [0.1, 0.15) is 19.8 Å². The van der Waals surface area contributed by atoms with Crippen molar-refractivity contribution in [1.29, 1.82) is 0 Å². The van der Waals surface area contributed by atoms with Gasteiger partial charge < -0.3 is 10.7 Å². The van der Waals surface area contributed by atoms with Crippen molar-refractivity contribution in [2.24, 2.45) is 5.92 Å². The van der Waals surface area contributed by atoms with Gasteiger partial charge in [-0.25, -0.2) is 4.68 Å². The third-order valence-electron chi connectivity index (χ3n) is 4.11. The highest BCUT2D eigenvalue weighted by Crippen LogP contribution is 2.28. The van der Waals surface area contributed by atoms with Crippen LogP contribution in [0.5, 0.6) is 0 Å². The van der Waals surface area contributed by atoms with Crippen molar-refractivity contribution in [3.63, 3.8) is 0 Å². The normalized spacial score (nSPS) is 17.9. The van der Waals surface area contributed by atoms with Crippen LogP contribution >= 0.6 is 27.7 Å². The van der Waals surface area contributed by atoms with Gasteiger partial charge in [0, 0.05) is 23.1 Å². The second-order valence-electron chi connectivity index (χ2n) is 6.03. The highest BCUT2D eigenvalue weighted by Gasteiger charge is 2.22. The summed E-state index contributed by atoms with van der Waals surface area (Å²) in [7, 11) is 0. The number of nitrogen functional groups attached to an aromatic ring is 1. The first kappa shape index (κ1) is 17.3. The average Bonchev–Trinajstić information content (AvgIpc) is 2.94. The smallest absolute Gasteiger partial charge is 0.233 e. The van der Waals surface area contributed by atoms with Gasteiger partial charge in [0.2, 0.25) is 11.1 Å². The molecule has 1 atom stereocenters. The fraction of sp³-hybridized carbons (Fsp3) is 0.438. The van der Waals surface area contributed by atoms with Crippen molar-refractivity contribution in [3.8, 4) is 11.4 Å². The Balaban J connectivity index is 1.66. The molecule has 0 aliphatic carbocycles. The second kappa shape index (κ2) is 7.57. The van der Waals surface area contributed by atoms with E-state index >= 15 is 0 Å². The van der Waals surface area contributed by atoms with E-state index in [9.17, 15) is 4.79 Å². The molecule has 1 unspecified atom stereocenters. The van der Waals surface area contributed by atoms with Gasteiger partial charge in [-0.15, -0.1) is 10.2 Å². The molecule has 8 heteroatoms. The fourth-order valence-electron chi connectivity index (χ4n) is 2.84. The third-order valence-corrected chi connectivity index (χ3v) is 5.73. The maximum Gasteiger partial charge on any atom is 0.233 e. The number of hydrogen-bond donors (Lipinski definition) is 1. The molecule has 1 aliphatic heterocycles. The first-order valence-corrected chi connectivity index (χ1v) is 9.70. The molecule has 0 saturated carbocycles. The molecule has 2 aromatic rings. The van der Waals surface area contributed by atoms with Gasteiger partial charge in [-0.1, -0.05) is 46.7 Å². The first-order chi connectivity index (χ1) is 11.6. The van der Waals surface area contributed by atoms with Crippen LogP contribution in [0.15, 0.2) is 33.9 Å². The molecule has 128 valence electrons. The van der Waals surface area contributed by atoms with Crippen LogP contribution in [-0.4, -0.2) is 44.5 Å². The number of halogens is 1. The molecule has 6 nitrogen and oxygen atoms in total. The maximum atomic E-state index is 12.4. The number of hydrogen-bond acceptors (Lipinski definition) is 5. The molecule has 0 radical (unpaired) electrons. The van der Waals surface area contributed by atoms with E-state index < -0.39 is 0 Å². The maximum absolute atomic E-state index is 12.4. The van der Waals surface area contributed by atoms with Crippen molar-refractivity contribution in [2.45, 2.75) is 24.9 Å². The zero-order chi connectivity index (χ0) is 17.1. The van der Waals surface area contributed by atoms with Gasteiger partial charge >= 0.3 is 0 Å².